The minimum absolute atomic E-state index is 0.108. The van der Waals surface area contributed by atoms with Crippen molar-refractivity contribution in [1.29, 1.82) is 0 Å². The fourth-order valence-corrected chi connectivity index (χ4v) is 2.01. The summed E-state index contributed by atoms with van der Waals surface area (Å²) >= 11 is 0. The molecule has 0 aliphatic rings. The van der Waals surface area contributed by atoms with E-state index in [0.29, 0.717) is 12.1 Å². The normalized spacial score (nSPS) is 12.1. The molecule has 0 saturated carbocycles. The Bertz CT molecular complexity index is 658. The second kappa shape index (κ2) is 6.45. The average Bonchev–Trinajstić information content (AvgIpc) is 2.44. The zero-order valence-electron chi connectivity index (χ0n) is 11.4. The first-order chi connectivity index (χ1) is 9.97. The van der Waals surface area contributed by atoms with E-state index in [1.807, 2.05) is 6.92 Å². The third-order valence-corrected chi connectivity index (χ3v) is 3.22. The Labute approximate surface area is 121 Å². The van der Waals surface area contributed by atoms with Crippen LogP contribution in [0.2, 0.25) is 0 Å². The highest BCUT2D eigenvalue weighted by atomic mass is 19.1. The molecule has 0 fully saturated rings. The van der Waals surface area contributed by atoms with Gasteiger partial charge in [0.2, 0.25) is 0 Å². The van der Waals surface area contributed by atoms with Crippen LogP contribution in [0, 0.1) is 11.6 Å². The standard InChI is InChI=1S/C16H15F2NO2/c1-10(12-3-2-4-13(17)8-12)19-9-11-5-6-14(16(20)21)15(18)7-11/h2-8,10,19H,9H2,1H3,(H,20,21). The van der Waals surface area contributed by atoms with Crippen molar-refractivity contribution in [3.05, 3.63) is 70.8 Å². The summed E-state index contributed by atoms with van der Waals surface area (Å²) in [6.07, 6.45) is 0. The molecule has 0 amide bonds. The summed E-state index contributed by atoms with van der Waals surface area (Å²) in [5.74, 6) is -2.36. The number of carboxylic acids is 1. The molecule has 0 aliphatic carbocycles. The second-order valence-corrected chi connectivity index (χ2v) is 4.78. The Balaban J connectivity index is 2.03. The number of benzene rings is 2. The predicted octanol–water partition coefficient (Wildman–Crippen LogP) is 3.51. The van der Waals surface area contributed by atoms with Crippen LogP contribution in [-0.2, 0) is 6.54 Å². The smallest absolute Gasteiger partial charge is 0.338 e. The minimum Gasteiger partial charge on any atom is -0.478 e. The van der Waals surface area contributed by atoms with Crippen molar-refractivity contribution in [3.8, 4) is 0 Å². The lowest BCUT2D eigenvalue weighted by Gasteiger charge is -2.14. The molecule has 0 aromatic heterocycles. The van der Waals surface area contributed by atoms with E-state index in [1.165, 1.54) is 24.3 Å². The molecular weight excluding hydrogens is 276 g/mol. The molecule has 0 radical (unpaired) electrons. The predicted molar refractivity (Wildman–Crippen MR) is 75.0 cm³/mol. The molecular formula is C16H15F2NO2. The molecule has 3 nitrogen and oxygen atoms in total. The van der Waals surface area contributed by atoms with Crippen LogP contribution in [0.25, 0.3) is 0 Å². The summed E-state index contributed by atoms with van der Waals surface area (Å²) in [6.45, 7) is 2.23. The van der Waals surface area contributed by atoms with Gasteiger partial charge in [0.15, 0.2) is 0 Å². The highest BCUT2D eigenvalue weighted by Gasteiger charge is 2.11. The van der Waals surface area contributed by atoms with Crippen molar-refractivity contribution in [2.45, 2.75) is 19.5 Å². The number of carboxylic acid groups (broad SMARTS) is 1. The van der Waals surface area contributed by atoms with Gasteiger partial charge in [-0.1, -0.05) is 18.2 Å². The lowest BCUT2D eigenvalue weighted by molar-refractivity contribution is 0.0692. The van der Waals surface area contributed by atoms with Gasteiger partial charge in [0.25, 0.3) is 0 Å². The van der Waals surface area contributed by atoms with Gasteiger partial charge in [-0.25, -0.2) is 13.6 Å². The third-order valence-electron chi connectivity index (χ3n) is 3.22. The number of nitrogens with one attached hydrogen (secondary N) is 1. The van der Waals surface area contributed by atoms with Gasteiger partial charge in [-0.2, -0.15) is 0 Å². The summed E-state index contributed by atoms with van der Waals surface area (Å²) in [4.78, 5) is 10.7. The van der Waals surface area contributed by atoms with Crippen LogP contribution >= 0.6 is 0 Å². The summed E-state index contributed by atoms with van der Waals surface area (Å²) in [6, 6.07) is 10.1. The van der Waals surface area contributed by atoms with E-state index < -0.39 is 11.8 Å². The maximum Gasteiger partial charge on any atom is 0.338 e. The molecule has 110 valence electrons. The van der Waals surface area contributed by atoms with E-state index >= 15 is 0 Å². The van der Waals surface area contributed by atoms with Crippen molar-refractivity contribution in [2.24, 2.45) is 0 Å². The van der Waals surface area contributed by atoms with Crippen molar-refractivity contribution < 1.29 is 18.7 Å². The summed E-state index contributed by atoms with van der Waals surface area (Å²) in [7, 11) is 0. The van der Waals surface area contributed by atoms with Crippen molar-refractivity contribution in [3.63, 3.8) is 0 Å². The molecule has 0 aliphatic heterocycles. The van der Waals surface area contributed by atoms with Gasteiger partial charge in [-0.05, 0) is 42.3 Å². The average molecular weight is 291 g/mol. The monoisotopic (exact) mass is 291 g/mol. The molecule has 2 aromatic rings. The number of hydrogen-bond donors (Lipinski definition) is 2. The highest BCUT2D eigenvalue weighted by Crippen LogP contribution is 2.15. The Morgan fingerprint density at radius 1 is 1.24 bits per heavy atom. The fraction of sp³-hybridized carbons (Fsp3) is 0.188. The van der Waals surface area contributed by atoms with Gasteiger partial charge in [0, 0.05) is 12.6 Å². The lowest BCUT2D eigenvalue weighted by Crippen LogP contribution is -2.18. The summed E-state index contributed by atoms with van der Waals surface area (Å²) in [5.41, 5.74) is 1.07. The lowest BCUT2D eigenvalue weighted by atomic mass is 10.1. The van der Waals surface area contributed by atoms with Gasteiger partial charge < -0.3 is 10.4 Å². The molecule has 5 heteroatoms. The van der Waals surface area contributed by atoms with E-state index in [1.54, 1.807) is 18.2 Å². The molecule has 1 unspecified atom stereocenters. The molecule has 2 N–H and O–H groups in total. The van der Waals surface area contributed by atoms with E-state index in [0.717, 1.165) is 5.56 Å². The van der Waals surface area contributed by atoms with E-state index in [-0.39, 0.29) is 17.4 Å². The van der Waals surface area contributed by atoms with Crippen LogP contribution in [0.3, 0.4) is 0 Å². The minimum atomic E-state index is -1.29. The van der Waals surface area contributed by atoms with Crippen LogP contribution in [0.5, 0.6) is 0 Å². The van der Waals surface area contributed by atoms with Crippen LogP contribution in [0.15, 0.2) is 42.5 Å². The quantitative estimate of drug-likeness (QED) is 0.886. The van der Waals surface area contributed by atoms with E-state index in [2.05, 4.69) is 5.32 Å². The number of rotatable bonds is 5. The molecule has 0 spiro atoms. The largest absolute Gasteiger partial charge is 0.478 e. The SMILES string of the molecule is CC(NCc1ccc(C(=O)O)c(F)c1)c1cccc(F)c1. The van der Waals surface area contributed by atoms with Gasteiger partial charge >= 0.3 is 5.97 Å². The zero-order valence-corrected chi connectivity index (χ0v) is 11.4. The molecule has 2 rings (SSSR count). The molecule has 0 saturated heterocycles. The van der Waals surface area contributed by atoms with Crippen molar-refractivity contribution >= 4 is 5.97 Å². The van der Waals surface area contributed by atoms with Crippen LogP contribution < -0.4 is 5.32 Å². The first-order valence-electron chi connectivity index (χ1n) is 6.48. The van der Waals surface area contributed by atoms with Gasteiger partial charge in [0.05, 0.1) is 5.56 Å². The van der Waals surface area contributed by atoms with Crippen LogP contribution in [-0.4, -0.2) is 11.1 Å². The third kappa shape index (κ3) is 3.86. The Kier molecular flexibility index (Phi) is 4.65. The number of hydrogen-bond acceptors (Lipinski definition) is 2. The number of halogens is 2. The topological polar surface area (TPSA) is 49.3 Å². The molecule has 2 aromatic carbocycles. The molecule has 0 bridgehead atoms. The molecule has 21 heavy (non-hydrogen) atoms. The maximum absolute atomic E-state index is 13.5. The molecule has 1 atom stereocenters. The van der Waals surface area contributed by atoms with Gasteiger partial charge in [-0.15, -0.1) is 0 Å². The number of aromatic carboxylic acids is 1. The van der Waals surface area contributed by atoms with E-state index in [9.17, 15) is 13.6 Å². The fourth-order valence-electron chi connectivity index (χ4n) is 2.01. The molecule has 0 heterocycles. The van der Waals surface area contributed by atoms with Gasteiger partial charge in [0.1, 0.15) is 11.6 Å². The summed E-state index contributed by atoms with van der Waals surface area (Å²) in [5, 5.41) is 11.9. The first kappa shape index (κ1) is 15.1. The van der Waals surface area contributed by atoms with Crippen LogP contribution in [0.4, 0.5) is 8.78 Å². The Morgan fingerprint density at radius 2 is 2.00 bits per heavy atom. The van der Waals surface area contributed by atoms with Crippen molar-refractivity contribution in [2.75, 3.05) is 0 Å². The first-order valence-corrected chi connectivity index (χ1v) is 6.48. The van der Waals surface area contributed by atoms with Crippen LogP contribution in [0.1, 0.15) is 34.5 Å². The highest BCUT2D eigenvalue weighted by molar-refractivity contribution is 5.87. The van der Waals surface area contributed by atoms with Gasteiger partial charge in [-0.3, -0.25) is 0 Å². The summed E-state index contributed by atoms with van der Waals surface area (Å²) < 4.78 is 26.7. The Morgan fingerprint density at radius 3 is 2.62 bits per heavy atom. The van der Waals surface area contributed by atoms with Crippen molar-refractivity contribution in [1.82, 2.24) is 5.32 Å². The number of carbonyl (C=O) groups is 1. The zero-order chi connectivity index (χ0) is 15.4. The second-order valence-electron chi connectivity index (χ2n) is 4.78. The Hall–Kier alpha value is -2.27. The maximum atomic E-state index is 13.5. The van der Waals surface area contributed by atoms with E-state index in [4.69, 9.17) is 5.11 Å².